The van der Waals surface area contributed by atoms with Gasteiger partial charge in [0, 0.05) is 13.2 Å². The summed E-state index contributed by atoms with van der Waals surface area (Å²) in [7, 11) is 0. The standard InChI is InChI=1S/C18H29NO2/c1-2-19-18(15-20,17-9-4-3-5-10-17)12-14-21-13-11-16-7-6-8-16/h3-5,9-10,16,19-20H,2,6-8,11-15H2,1H3. The first-order chi connectivity index (χ1) is 10.3. The lowest BCUT2D eigenvalue weighted by atomic mass is 9.83. The Morgan fingerprint density at radius 2 is 2.00 bits per heavy atom. The van der Waals surface area contributed by atoms with E-state index in [2.05, 4.69) is 24.4 Å². The molecule has 1 atom stereocenters. The molecule has 0 aromatic heterocycles. The van der Waals surface area contributed by atoms with Gasteiger partial charge in [-0.05, 0) is 30.9 Å². The molecule has 3 nitrogen and oxygen atoms in total. The Hall–Kier alpha value is -0.900. The van der Waals surface area contributed by atoms with Crippen LogP contribution in [0.2, 0.25) is 0 Å². The van der Waals surface area contributed by atoms with E-state index < -0.39 is 0 Å². The van der Waals surface area contributed by atoms with Crippen LogP contribution < -0.4 is 5.32 Å². The summed E-state index contributed by atoms with van der Waals surface area (Å²) in [5.41, 5.74) is 0.754. The molecule has 0 radical (unpaired) electrons. The molecule has 1 saturated carbocycles. The van der Waals surface area contributed by atoms with Crippen LogP contribution in [0, 0.1) is 5.92 Å². The first-order valence-corrected chi connectivity index (χ1v) is 8.30. The summed E-state index contributed by atoms with van der Waals surface area (Å²) in [6, 6.07) is 10.2. The molecule has 2 N–H and O–H groups in total. The minimum atomic E-state index is -0.382. The zero-order valence-electron chi connectivity index (χ0n) is 13.2. The number of hydrogen-bond donors (Lipinski definition) is 2. The van der Waals surface area contributed by atoms with Crippen LogP contribution in [0.1, 0.15) is 44.6 Å². The van der Waals surface area contributed by atoms with Crippen molar-refractivity contribution in [1.82, 2.24) is 5.32 Å². The number of aliphatic hydroxyl groups is 1. The van der Waals surface area contributed by atoms with Crippen molar-refractivity contribution < 1.29 is 9.84 Å². The Labute approximate surface area is 128 Å². The molecular weight excluding hydrogens is 262 g/mol. The highest BCUT2D eigenvalue weighted by Gasteiger charge is 2.30. The van der Waals surface area contributed by atoms with Crippen LogP contribution in [0.3, 0.4) is 0 Å². The average molecular weight is 291 g/mol. The van der Waals surface area contributed by atoms with Gasteiger partial charge in [-0.2, -0.15) is 0 Å². The summed E-state index contributed by atoms with van der Waals surface area (Å²) in [5.74, 6) is 0.899. The lowest BCUT2D eigenvalue weighted by Gasteiger charge is -2.33. The van der Waals surface area contributed by atoms with Crippen LogP contribution in [-0.2, 0) is 10.3 Å². The Kier molecular flexibility index (Phi) is 6.68. The van der Waals surface area contributed by atoms with Gasteiger partial charge in [0.1, 0.15) is 0 Å². The molecule has 0 bridgehead atoms. The summed E-state index contributed by atoms with van der Waals surface area (Å²) >= 11 is 0. The van der Waals surface area contributed by atoms with Crippen LogP contribution in [0.4, 0.5) is 0 Å². The Morgan fingerprint density at radius 1 is 1.24 bits per heavy atom. The second-order valence-electron chi connectivity index (χ2n) is 6.08. The third kappa shape index (κ3) is 4.53. The largest absolute Gasteiger partial charge is 0.394 e. The number of aliphatic hydroxyl groups excluding tert-OH is 1. The molecule has 1 fully saturated rings. The van der Waals surface area contributed by atoms with Gasteiger partial charge in [0.05, 0.1) is 12.1 Å². The predicted molar refractivity (Wildman–Crippen MR) is 86.3 cm³/mol. The molecule has 1 aromatic carbocycles. The molecule has 1 unspecified atom stereocenters. The Balaban J connectivity index is 1.83. The van der Waals surface area contributed by atoms with Crippen LogP contribution in [0.25, 0.3) is 0 Å². The van der Waals surface area contributed by atoms with Gasteiger partial charge in [-0.25, -0.2) is 0 Å². The first kappa shape index (κ1) is 16.5. The van der Waals surface area contributed by atoms with Gasteiger partial charge in [-0.1, -0.05) is 56.5 Å². The second-order valence-corrected chi connectivity index (χ2v) is 6.08. The van der Waals surface area contributed by atoms with E-state index in [1.54, 1.807) is 0 Å². The SMILES string of the molecule is CCNC(CO)(CCOCCC1CCC1)c1ccccc1. The summed E-state index contributed by atoms with van der Waals surface area (Å²) < 4.78 is 5.81. The maximum atomic E-state index is 9.93. The van der Waals surface area contributed by atoms with Crippen LogP contribution in [-0.4, -0.2) is 31.5 Å². The maximum absolute atomic E-state index is 9.93. The van der Waals surface area contributed by atoms with Crippen molar-refractivity contribution >= 4 is 0 Å². The van der Waals surface area contributed by atoms with Gasteiger partial charge in [-0.15, -0.1) is 0 Å². The molecule has 1 aliphatic rings. The van der Waals surface area contributed by atoms with Crippen LogP contribution in [0.5, 0.6) is 0 Å². The topological polar surface area (TPSA) is 41.5 Å². The predicted octanol–water partition coefficient (Wildman–Crippen LogP) is 3.08. The van der Waals surface area contributed by atoms with Crippen molar-refractivity contribution in [3.05, 3.63) is 35.9 Å². The molecule has 0 aliphatic heterocycles. The number of benzene rings is 1. The van der Waals surface area contributed by atoms with Crippen molar-refractivity contribution in [2.75, 3.05) is 26.4 Å². The van der Waals surface area contributed by atoms with E-state index in [9.17, 15) is 5.11 Å². The molecule has 1 aliphatic carbocycles. The first-order valence-electron chi connectivity index (χ1n) is 8.30. The van der Waals surface area contributed by atoms with E-state index in [4.69, 9.17) is 4.74 Å². The highest BCUT2D eigenvalue weighted by atomic mass is 16.5. The summed E-state index contributed by atoms with van der Waals surface area (Å²) in [4.78, 5) is 0. The van der Waals surface area contributed by atoms with E-state index in [1.807, 2.05) is 18.2 Å². The second kappa shape index (κ2) is 8.52. The van der Waals surface area contributed by atoms with Crippen molar-refractivity contribution in [3.63, 3.8) is 0 Å². The maximum Gasteiger partial charge on any atom is 0.0691 e. The van der Waals surface area contributed by atoms with Crippen LogP contribution in [0.15, 0.2) is 30.3 Å². The van der Waals surface area contributed by atoms with E-state index in [-0.39, 0.29) is 12.1 Å². The van der Waals surface area contributed by atoms with Gasteiger partial charge in [0.2, 0.25) is 0 Å². The van der Waals surface area contributed by atoms with Gasteiger partial charge >= 0.3 is 0 Å². The number of nitrogens with one attached hydrogen (secondary N) is 1. The van der Waals surface area contributed by atoms with Gasteiger partial charge in [0.25, 0.3) is 0 Å². The molecular formula is C18H29NO2. The third-order valence-corrected chi connectivity index (χ3v) is 4.68. The summed E-state index contributed by atoms with van der Waals surface area (Å²) in [6.07, 6.45) is 6.15. The van der Waals surface area contributed by atoms with Crippen molar-refractivity contribution in [2.45, 2.75) is 44.6 Å². The van der Waals surface area contributed by atoms with E-state index in [0.29, 0.717) is 6.61 Å². The molecule has 0 spiro atoms. The molecule has 1 aromatic rings. The lowest BCUT2D eigenvalue weighted by Crippen LogP contribution is -2.46. The minimum absolute atomic E-state index is 0.0941. The highest BCUT2D eigenvalue weighted by molar-refractivity contribution is 5.24. The van der Waals surface area contributed by atoms with Crippen LogP contribution >= 0.6 is 0 Å². The number of ether oxygens (including phenoxy) is 1. The quantitative estimate of drug-likeness (QED) is 0.651. The Bertz CT molecular complexity index is 391. The van der Waals surface area contributed by atoms with Gasteiger partial charge < -0.3 is 15.2 Å². The summed E-state index contributed by atoms with van der Waals surface area (Å²) in [5, 5.41) is 13.4. The molecule has 0 heterocycles. The normalized spacial score (nSPS) is 18.2. The number of rotatable bonds is 10. The van der Waals surface area contributed by atoms with E-state index >= 15 is 0 Å². The zero-order chi connectivity index (χ0) is 15.0. The molecule has 3 heteroatoms. The smallest absolute Gasteiger partial charge is 0.0691 e. The monoisotopic (exact) mass is 291 g/mol. The molecule has 0 amide bonds. The fourth-order valence-corrected chi connectivity index (χ4v) is 3.04. The number of hydrogen-bond acceptors (Lipinski definition) is 3. The van der Waals surface area contributed by atoms with E-state index in [0.717, 1.165) is 31.1 Å². The van der Waals surface area contributed by atoms with Gasteiger partial charge in [0.15, 0.2) is 0 Å². The fourth-order valence-electron chi connectivity index (χ4n) is 3.04. The molecule has 0 saturated heterocycles. The van der Waals surface area contributed by atoms with Gasteiger partial charge in [-0.3, -0.25) is 0 Å². The molecule has 2 rings (SSSR count). The zero-order valence-corrected chi connectivity index (χ0v) is 13.2. The minimum Gasteiger partial charge on any atom is -0.394 e. The lowest BCUT2D eigenvalue weighted by molar-refractivity contribution is 0.0671. The summed E-state index contributed by atoms with van der Waals surface area (Å²) in [6.45, 7) is 4.54. The molecule has 21 heavy (non-hydrogen) atoms. The Morgan fingerprint density at radius 3 is 2.57 bits per heavy atom. The number of likely N-dealkylation sites (N-methyl/N-ethyl adjacent to an activating group) is 1. The third-order valence-electron chi connectivity index (χ3n) is 4.68. The van der Waals surface area contributed by atoms with Crippen molar-refractivity contribution in [2.24, 2.45) is 5.92 Å². The van der Waals surface area contributed by atoms with Crippen molar-refractivity contribution in [3.8, 4) is 0 Å². The highest BCUT2D eigenvalue weighted by Crippen LogP contribution is 2.29. The van der Waals surface area contributed by atoms with E-state index in [1.165, 1.54) is 25.7 Å². The average Bonchev–Trinajstić information content (AvgIpc) is 2.48. The van der Waals surface area contributed by atoms with Crippen molar-refractivity contribution in [1.29, 1.82) is 0 Å². The fraction of sp³-hybridized carbons (Fsp3) is 0.667. The molecule has 118 valence electrons.